The predicted molar refractivity (Wildman–Crippen MR) is 106 cm³/mol. The van der Waals surface area contributed by atoms with Crippen LogP contribution >= 0.6 is 0 Å². The van der Waals surface area contributed by atoms with E-state index in [9.17, 15) is 9.59 Å². The zero-order chi connectivity index (χ0) is 19.5. The van der Waals surface area contributed by atoms with Crippen LogP contribution < -0.4 is 5.32 Å². The second-order valence-electron chi connectivity index (χ2n) is 8.44. The number of aryl methyl sites for hydroxylation is 1. The minimum Gasteiger partial charge on any atom is -0.378 e. The van der Waals surface area contributed by atoms with Gasteiger partial charge in [0, 0.05) is 57.9 Å². The maximum Gasteiger partial charge on any atom is 0.267 e. The number of aromatic nitrogens is 1. The third-order valence-electron chi connectivity index (χ3n) is 6.39. The Balaban J connectivity index is 1.34. The predicted octanol–water partition coefficient (Wildman–Crippen LogP) is 1.25. The van der Waals surface area contributed by atoms with Crippen molar-refractivity contribution in [1.82, 2.24) is 19.7 Å². The number of carbonyl (C=O) groups excluding carboxylic acids is 2. The normalized spacial score (nSPS) is 25.8. The summed E-state index contributed by atoms with van der Waals surface area (Å²) in [6.07, 6.45) is 7.15. The third kappa shape index (κ3) is 4.58. The molecule has 4 rings (SSSR count). The van der Waals surface area contributed by atoms with Crippen molar-refractivity contribution in [2.24, 2.45) is 13.0 Å². The standard InChI is InChI=1S/C21H32N4O3/c1-23-8-2-3-19(23)21(27)22-14-18-7-6-17(25(18)15-16-4-5-16)13-20(26)24-9-11-28-12-10-24/h2-3,8,16-18H,4-7,9-15H2,1H3,(H,22,27)/t17-,18+/m1/s1. The van der Waals surface area contributed by atoms with Crippen LogP contribution in [0.2, 0.25) is 0 Å². The van der Waals surface area contributed by atoms with Crippen LogP contribution in [0.4, 0.5) is 0 Å². The van der Waals surface area contributed by atoms with Gasteiger partial charge >= 0.3 is 0 Å². The Labute approximate surface area is 167 Å². The molecular weight excluding hydrogens is 356 g/mol. The molecule has 28 heavy (non-hydrogen) atoms. The van der Waals surface area contributed by atoms with Gasteiger partial charge in [-0.2, -0.15) is 0 Å². The Morgan fingerprint density at radius 2 is 1.89 bits per heavy atom. The summed E-state index contributed by atoms with van der Waals surface area (Å²) in [5, 5.41) is 3.12. The maximum absolute atomic E-state index is 12.7. The molecule has 7 heteroatoms. The topological polar surface area (TPSA) is 66.8 Å². The molecule has 1 N–H and O–H groups in total. The van der Waals surface area contributed by atoms with E-state index in [1.54, 1.807) is 0 Å². The van der Waals surface area contributed by atoms with Gasteiger partial charge in [0.15, 0.2) is 0 Å². The van der Waals surface area contributed by atoms with Gasteiger partial charge in [0.05, 0.1) is 13.2 Å². The molecule has 2 amide bonds. The van der Waals surface area contributed by atoms with Crippen molar-refractivity contribution in [3.63, 3.8) is 0 Å². The summed E-state index contributed by atoms with van der Waals surface area (Å²) < 4.78 is 7.21. The number of nitrogens with zero attached hydrogens (tertiary/aromatic N) is 3. The Kier molecular flexibility index (Phi) is 6.01. The van der Waals surface area contributed by atoms with Crippen LogP contribution in [0.15, 0.2) is 18.3 Å². The van der Waals surface area contributed by atoms with Gasteiger partial charge < -0.3 is 19.5 Å². The third-order valence-corrected chi connectivity index (χ3v) is 6.39. The molecule has 0 aromatic carbocycles. The fourth-order valence-corrected chi connectivity index (χ4v) is 4.49. The second kappa shape index (κ2) is 8.66. The van der Waals surface area contributed by atoms with Crippen LogP contribution in [0.1, 0.15) is 42.6 Å². The van der Waals surface area contributed by atoms with Gasteiger partial charge in [-0.3, -0.25) is 14.5 Å². The highest BCUT2D eigenvalue weighted by atomic mass is 16.5. The van der Waals surface area contributed by atoms with E-state index >= 15 is 0 Å². The minimum atomic E-state index is -0.0216. The minimum absolute atomic E-state index is 0.0216. The van der Waals surface area contributed by atoms with Crippen molar-refractivity contribution in [2.75, 3.05) is 39.4 Å². The molecule has 2 saturated heterocycles. The number of ether oxygens (including phenoxy) is 1. The van der Waals surface area contributed by atoms with Crippen LogP contribution in [-0.4, -0.2) is 77.7 Å². The number of amides is 2. The van der Waals surface area contributed by atoms with E-state index < -0.39 is 0 Å². The fourth-order valence-electron chi connectivity index (χ4n) is 4.49. The number of carbonyl (C=O) groups is 2. The van der Waals surface area contributed by atoms with Crippen LogP contribution in [0.25, 0.3) is 0 Å². The van der Waals surface area contributed by atoms with Crippen LogP contribution in [-0.2, 0) is 16.6 Å². The first-order valence-electron chi connectivity index (χ1n) is 10.6. The molecule has 3 heterocycles. The lowest BCUT2D eigenvalue weighted by Crippen LogP contribution is -2.47. The van der Waals surface area contributed by atoms with Crippen molar-refractivity contribution in [3.8, 4) is 0 Å². The molecule has 7 nitrogen and oxygen atoms in total. The number of likely N-dealkylation sites (tertiary alicyclic amines) is 1. The molecule has 3 fully saturated rings. The highest BCUT2D eigenvalue weighted by molar-refractivity contribution is 5.92. The van der Waals surface area contributed by atoms with E-state index in [2.05, 4.69) is 10.2 Å². The van der Waals surface area contributed by atoms with Gasteiger partial charge in [0.25, 0.3) is 5.91 Å². The van der Waals surface area contributed by atoms with Gasteiger partial charge in [-0.1, -0.05) is 0 Å². The molecule has 154 valence electrons. The number of morpholine rings is 1. The highest BCUT2D eigenvalue weighted by Gasteiger charge is 2.38. The van der Waals surface area contributed by atoms with Crippen LogP contribution in [0, 0.1) is 5.92 Å². The van der Waals surface area contributed by atoms with Crippen molar-refractivity contribution in [2.45, 2.75) is 44.2 Å². The molecule has 0 spiro atoms. The van der Waals surface area contributed by atoms with Gasteiger partial charge in [-0.05, 0) is 43.7 Å². The molecule has 1 aromatic heterocycles. The van der Waals surface area contributed by atoms with Crippen molar-refractivity contribution < 1.29 is 14.3 Å². The van der Waals surface area contributed by atoms with Gasteiger partial charge in [-0.25, -0.2) is 0 Å². The smallest absolute Gasteiger partial charge is 0.267 e. The molecule has 1 saturated carbocycles. The molecule has 2 aliphatic heterocycles. The first-order valence-corrected chi connectivity index (χ1v) is 10.6. The van der Waals surface area contributed by atoms with Crippen molar-refractivity contribution in [3.05, 3.63) is 24.0 Å². The van der Waals surface area contributed by atoms with E-state index in [0.717, 1.165) is 25.3 Å². The molecule has 0 bridgehead atoms. The Bertz CT molecular complexity index is 694. The average molecular weight is 389 g/mol. The first kappa shape index (κ1) is 19.5. The SMILES string of the molecule is Cn1cccc1C(=O)NC[C@@H]1CC[C@H](CC(=O)N2CCOCC2)N1CC1CC1. The van der Waals surface area contributed by atoms with Crippen molar-refractivity contribution in [1.29, 1.82) is 0 Å². The Morgan fingerprint density at radius 3 is 2.57 bits per heavy atom. The van der Waals surface area contributed by atoms with Gasteiger partial charge in [0.2, 0.25) is 5.91 Å². The van der Waals surface area contributed by atoms with E-state index in [0.29, 0.717) is 57.0 Å². The van der Waals surface area contributed by atoms with Gasteiger partial charge in [0.1, 0.15) is 5.69 Å². The van der Waals surface area contributed by atoms with Crippen LogP contribution in [0.5, 0.6) is 0 Å². The summed E-state index contributed by atoms with van der Waals surface area (Å²) in [5.74, 6) is 1.000. The lowest BCUT2D eigenvalue weighted by atomic mass is 10.1. The lowest BCUT2D eigenvalue weighted by molar-refractivity contribution is -0.136. The zero-order valence-electron chi connectivity index (χ0n) is 16.8. The molecule has 2 atom stereocenters. The van der Waals surface area contributed by atoms with E-state index in [1.165, 1.54) is 12.8 Å². The van der Waals surface area contributed by atoms with E-state index in [4.69, 9.17) is 4.74 Å². The molecule has 1 aromatic rings. The summed E-state index contributed by atoms with van der Waals surface area (Å²) in [6.45, 7) is 4.44. The fraction of sp³-hybridized carbons (Fsp3) is 0.714. The first-order chi connectivity index (χ1) is 13.6. The maximum atomic E-state index is 12.7. The average Bonchev–Trinajstić information content (AvgIpc) is 3.31. The molecule has 0 radical (unpaired) electrons. The van der Waals surface area contributed by atoms with Crippen LogP contribution in [0.3, 0.4) is 0 Å². The summed E-state index contributed by atoms with van der Waals surface area (Å²) in [5.41, 5.74) is 0.686. The zero-order valence-corrected chi connectivity index (χ0v) is 16.8. The lowest BCUT2D eigenvalue weighted by Gasteiger charge is -2.33. The van der Waals surface area contributed by atoms with Crippen molar-refractivity contribution >= 4 is 11.8 Å². The van der Waals surface area contributed by atoms with E-state index in [1.807, 2.05) is 34.8 Å². The molecule has 1 aliphatic carbocycles. The Morgan fingerprint density at radius 1 is 1.14 bits per heavy atom. The number of rotatable bonds is 7. The summed E-state index contributed by atoms with van der Waals surface area (Å²) >= 11 is 0. The monoisotopic (exact) mass is 388 g/mol. The Hall–Kier alpha value is -1.86. The quantitative estimate of drug-likeness (QED) is 0.763. The molecule has 0 unspecified atom stereocenters. The number of hydrogen-bond acceptors (Lipinski definition) is 4. The highest BCUT2D eigenvalue weighted by Crippen LogP contribution is 2.35. The van der Waals surface area contributed by atoms with Gasteiger partial charge in [-0.15, -0.1) is 0 Å². The van der Waals surface area contributed by atoms with E-state index in [-0.39, 0.29) is 11.8 Å². The summed E-state index contributed by atoms with van der Waals surface area (Å²) in [7, 11) is 1.89. The molecule has 3 aliphatic rings. The molecular formula is C21H32N4O3. The summed E-state index contributed by atoms with van der Waals surface area (Å²) in [4.78, 5) is 29.7. The summed E-state index contributed by atoms with van der Waals surface area (Å²) in [6, 6.07) is 4.35. The second-order valence-corrected chi connectivity index (χ2v) is 8.44. The largest absolute Gasteiger partial charge is 0.378 e. The number of nitrogens with one attached hydrogen (secondary N) is 1. The number of hydrogen-bond donors (Lipinski definition) is 1.